The van der Waals surface area contributed by atoms with Crippen LogP contribution in [0.3, 0.4) is 0 Å². The van der Waals surface area contributed by atoms with E-state index in [9.17, 15) is 10.1 Å². The van der Waals surface area contributed by atoms with E-state index in [0.29, 0.717) is 11.5 Å². The Morgan fingerprint density at radius 1 is 1.32 bits per heavy atom. The molecular weight excluding hydrogens is 302 g/mol. The Balaban J connectivity index is 2.00. The number of aryl methyl sites for hydroxylation is 1. The second-order valence-electron chi connectivity index (χ2n) is 4.76. The number of hydrogen-bond acceptors (Lipinski definition) is 6. The molecule has 0 aliphatic carbocycles. The molecular formula is C15H13N3O3S. The molecule has 0 amide bonds. The molecule has 7 heteroatoms. The van der Waals surface area contributed by atoms with Crippen LogP contribution in [0.2, 0.25) is 0 Å². The molecule has 0 atom stereocenters. The lowest BCUT2D eigenvalue weighted by molar-refractivity contribution is -0.384. The summed E-state index contributed by atoms with van der Waals surface area (Å²) in [5.74, 6) is 0.729. The molecule has 0 radical (unpaired) electrons. The first-order chi connectivity index (χ1) is 10.6. The third-order valence-electron chi connectivity index (χ3n) is 3.42. The highest BCUT2D eigenvalue weighted by Gasteiger charge is 2.17. The molecule has 22 heavy (non-hydrogen) atoms. The van der Waals surface area contributed by atoms with Crippen LogP contribution < -0.4 is 0 Å². The van der Waals surface area contributed by atoms with Gasteiger partial charge in [0.15, 0.2) is 0 Å². The van der Waals surface area contributed by atoms with Gasteiger partial charge in [0.25, 0.3) is 5.69 Å². The zero-order chi connectivity index (χ0) is 15.7. The number of hydrogen-bond donors (Lipinski definition) is 0. The van der Waals surface area contributed by atoms with Crippen molar-refractivity contribution in [1.29, 1.82) is 0 Å². The highest BCUT2D eigenvalue weighted by atomic mass is 32.1. The third kappa shape index (κ3) is 2.50. The lowest BCUT2D eigenvalue weighted by Crippen LogP contribution is -1.88. The van der Waals surface area contributed by atoms with E-state index >= 15 is 0 Å². The fourth-order valence-corrected chi connectivity index (χ4v) is 3.23. The number of rotatable bonds is 4. The number of nitrogens with zero attached hydrogens (tertiary/aromatic N) is 3. The molecule has 1 aromatic carbocycles. The Morgan fingerprint density at radius 3 is 2.82 bits per heavy atom. The fraction of sp³-hybridized carbons (Fsp3) is 0.200. The van der Waals surface area contributed by atoms with E-state index in [-0.39, 0.29) is 11.6 Å². The van der Waals surface area contributed by atoms with Gasteiger partial charge in [-0.2, -0.15) is 0 Å². The first-order valence-corrected chi connectivity index (χ1v) is 7.63. The van der Waals surface area contributed by atoms with Gasteiger partial charge in [-0.15, -0.1) is 21.5 Å². The Morgan fingerprint density at radius 2 is 2.09 bits per heavy atom. The molecule has 112 valence electrons. The van der Waals surface area contributed by atoms with Crippen LogP contribution in [0.25, 0.3) is 22.9 Å². The number of aromatic nitrogens is 2. The lowest BCUT2D eigenvalue weighted by Gasteiger charge is -1.98. The molecule has 0 aliphatic rings. The average molecular weight is 315 g/mol. The van der Waals surface area contributed by atoms with Gasteiger partial charge >= 0.3 is 0 Å². The van der Waals surface area contributed by atoms with Crippen molar-refractivity contribution in [3.05, 3.63) is 50.2 Å². The Kier molecular flexibility index (Phi) is 3.72. The smallest absolute Gasteiger partial charge is 0.270 e. The van der Waals surface area contributed by atoms with Crippen molar-refractivity contribution in [3.8, 4) is 22.9 Å². The lowest BCUT2D eigenvalue weighted by atomic mass is 10.1. The van der Waals surface area contributed by atoms with Crippen molar-refractivity contribution in [1.82, 2.24) is 10.2 Å². The fourth-order valence-electron chi connectivity index (χ4n) is 2.30. The summed E-state index contributed by atoms with van der Waals surface area (Å²) < 4.78 is 5.71. The van der Waals surface area contributed by atoms with Crippen LogP contribution >= 0.6 is 11.3 Å². The Hall–Kier alpha value is -2.54. The first kappa shape index (κ1) is 14.4. The largest absolute Gasteiger partial charge is 0.416 e. The number of thiophene rings is 1. The topological polar surface area (TPSA) is 82.1 Å². The zero-order valence-corrected chi connectivity index (χ0v) is 12.9. The van der Waals surface area contributed by atoms with E-state index in [1.807, 2.05) is 5.38 Å². The van der Waals surface area contributed by atoms with Crippen molar-refractivity contribution < 1.29 is 9.34 Å². The molecule has 0 fully saturated rings. The summed E-state index contributed by atoms with van der Waals surface area (Å²) in [5, 5.41) is 20.9. The van der Waals surface area contributed by atoms with E-state index in [4.69, 9.17) is 4.42 Å². The van der Waals surface area contributed by atoms with Gasteiger partial charge in [-0.25, -0.2) is 0 Å². The molecule has 2 heterocycles. The second-order valence-corrected chi connectivity index (χ2v) is 5.84. The van der Waals surface area contributed by atoms with Crippen molar-refractivity contribution in [2.45, 2.75) is 20.3 Å². The van der Waals surface area contributed by atoms with E-state index < -0.39 is 4.92 Å². The summed E-state index contributed by atoms with van der Waals surface area (Å²) in [5.41, 5.74) is 2.67. The molecule has 0 bridgehead atoms. The van der Waals surface area contributed by atoms with Gasteiger partial charge < -0.3 is 4.42 Å². The first-order valence-electron chi connectivity index (χ1n) is 6.75. The molecule has 0 aliphatic heterocycles. The minimum Gasteiger partial charge on any atom is -0.416 e. The number of non-ortho nitro benzene ring substituents is 1. The zero-order valence-electron chi connectivity index (χ0n) is 12.1. The molecule has 0 saturated heterocycles. The maximum Gasteiger partial charge on any atom is 0.270 e. The molecule has 2 aromatic heterocycles. The third-order valence-corrected chi connectivity index (χ3v) is 4.37. The van der Waals surface area contributed by atoms with Crippen LogP contribution in [0.5, 0.6) is 0 Å². The second kappa shape index (κ2) is 5.69. The molecule has 0 spiro atoms. The van der Waals surface area contributed by atoms with Crippen LogP contribution in [0.15, 0.2) is 34.1 Å². The predicted molar refractivity (Wildman–Crippen MR) is 83.8 cm³/mol. The highest BCUT2D eigenvalue weighted by molar-refractivity contribution is 7.10. The van der Waals surface area contributed by atoms with E-state index in [2.05, 4.69) is 24.0 Å². The van der Waals surface area contributed by atoms with Crippen LogP contribution in [0.4, 0.5) is 5.69 Å². The molecule has 3 rings (SSSR count). The van der Waals surface area contributed by atoms with Gasteiger partial charge in [-0.1, -0.05) is 13.0 Å². The normalized spacial score (nSPS) is 10.8. The summed E-state index contributed by atoms with van der Waals surface area (Å²) in [6.45, 7) is 4.14. The van der Waals surface area contributed by atoms with Gasteiger partial charge in [-0.05, 0) is 25.0 Å². The molecule has 6 nitrogen and oxygen atoms in total. The van der Waals surface area contributed by atoms with E-state index in [1.165, 1.54) is 22.6 Å². The van der Waals surface area contributed by atoms with Gasteiger partial charge in [-0.3, -0.25) is 10.1 Å². The maximum atomic E-state index is 10.8. The maximum absolute atomic E-state index is 10.8. The SMILES string of the molecule is CCc1c(-c2nnc(-c3cccc([N+](=O)[O-])c3)o2)csc1C. The summed E-state index contributed by atoms with van der Waals surface area (Å²) in [6.07, 6.45) is 0.888. The van der Waals surface area contributed by atoms with Crippen LogP contribution in [-0.2, 0) is 6.42 Å². The summed E-state index contributed by atoms with van der Waals surface area (Å²) in [6, 6.07) is 6.17. The molecule has 3 aromatic rings. The number of benzene rings is 1. The Labute approximate surface area is 130 Å². The molecule has 0 N–H and O–H groups in total. The standard InChI is InChI=1S/C15H13N3O3S/c1-3-12-9(2)22-8-13(12)15-17-16-14(21-15)10-5-4-6-11(7-10)18(19)20/h4-8H,3H2,1-2H3. The van der Waals surface area contributed by atoms with Gasteiger partial charge in [0.1, 0.15) is 0 Å². The van der Waals surface area contributed by atoms with Crippen LogP contribution in [0.1, 0.15) is 17.4 Å². The number of nitro groups is 1. The monoisotopic (exact) mass is 315 g/mol. The van der Waals surface area contributed by atoms with Crippen molar-refractivity contribution in [2.75, 3.05) is 0 Å². The minimum atomic E-state index is -0.446. The van der Waals surface area contributed by atoms with Crippen LogP contribution in [-0.4, -0.2) is 15.1 Å². The van der Waals surface area contributed by atoms with Crippen molar-refractivity contribution >= 4 is 17.0 Å². The van der Waals surface area contributed by atoms with Crippen molar-refractivity contribution in [3.63, 3.8) is 0 Å². The number of nitro benzene ring substituents is 1. The van der Waals surface area contributed by atoms with Gasteiger partial charge in [0.05, 0.1) is 10.5 Å². The summed E-state index contributed by atoms with van der Waals surface area (Å²) >= 11 is 1.64. The van der Waals surface area contributed by atoms with Crippen LogP contribution in [0, 0.1) is 17.0 Å². The average Bonchev–Trinajstić information content (AvgIpc) is 3.13. The summed E-state index contributed by atoms with van der Waals surface area (Å²) in [7, 11) is 0. The van der Waals surface area contributed by atoms with E-state index in [0.717, 1.165) is 12.0 Å². The van der Waals surface area contributed by atoms with Gasteiger partial charge in [0.2, 0.25) is 11.8 Å². The molecule has 0 unspecified atom stereocenters. The quantitative estimate of drug-likeness (QED) is 0.531. The van der Waals surface area contributed by atoms with E-state index in [1.54, 1.807) is 23.5 Å². The Bertz CT molecular complexity index is 838. The minimum absolute atomic E-state index is 0.00197. The predicted octanol–water partition coefficient (Wildman–Crippen LogP) is 4.24. The summed E-state index contributed by atoms with van der Waals surface area (Å²) in [4.78, 5) is 11.6. The van der Waals surface area contributed by atoms with Crippen molar-refractivity contribution in [2.24, 2.45) is 0 Å². The molecule has 0 saturated carbocycles. The van der Waals surface area contributed by atoms with Gasteiger partial charge in [0, 0.05) is 28.0 Å². The highest BCUT2D eigenvalue weighted by Crippen LogP contribution is 2.32.